The number of piperidine rings is 1. The number of likely N-dealkylation sites (N-methyl/N-ethyl adjacent to an activating group) is 1. The number of esters is 2. The number of amides is 12. The SMILES string of the molecule is Cc1ccc(CC(=O)N[C@@H](Cc2cc(F)cc(F)c2)C(=O)N[C@@H]2C(=O)N3CCC[C@H]3C(=O)N(C)[C@@H](C)C(=O)N[C@@H](C)C(=O)N3CCC[C@H]3C(=O)O[C@H]2C)cc1.Cc1ccc(CC(=O)N[C@@H](Cc2cc(F)cc(F)c2)C(=O)N[C@@H]2C(=O)N3C[C@H](O)C[C@H]3C(=O)N3CCCC[C@H]3C(=O)N[C@@H](C)C(=O)N3C[C@H](C)C[C@H]3C(=O)O[C@H]2C)cc1. The van der Waals surface area contributed by atoms with Gasteiger partial charge in [-0.1, -0.05) is 66.6 Å². The van der Waals surface area contributed by atoms with Crippen LogP contribution in [0.5, 0.6) is 0 Å². The Bertz CT molecular complexity index is 4290. The molecule has 0 spiro atoms. The Morgan fingerprint density at radius 3 is 1.38 bits per heavy atom. The highest BCUT2D eigenvalue weighted by molar-refractivity contribution is 6.00. The van der Waals surface area contributed by atoms with E-state index in [1.165, 1.54) is 66.2 Å². The predicted octanol–water partition coefficient (Wildman–Crippen LogP) is 2.36. The summed E-state index contributed by atoms with van der Waals surface area (Å²) >= 11 is 0. The van der Waals surface area contributed by atoms with Gasteiger partial charge in [0.1, 0.15) is 108 Å². The molecule has 29 nitrogen and oxygen atoms in total. The van der Waals surface area contributed by atoms with Crippen molar-refractivity contribution in [3.05, 3.63) is 142 Å². The summed E-state index contributed by atoms with van der Waals surface area (Å²) in [4.78, 5) is 202. The van der Waals surface area contributed by atoms with Crippen LogP contribution in [0, 0.1) is 43.0 Å². The maximum Gasteiger partial charge on any atom is 0.329 e. The van der Waals surface area contributed by atoms with Gasteiger partial charge in [-0.25, -0.2) is 27.2 Å². The second-order valence-corrected chi connectivity index (χ2v) is 31.0. The summed E-state index contributed by atoms with van der Waals surface area (Å²) in [6.45, 7) is 13.2. The summed E-state index contributed by atoms with van der Waals surface area (Å²) in [6, 6.07) is 4.77. The maximum absolute atomic E-state index is 14.7. The molecule has 16 atom stereocenters. The van der Waals surface area contributed by atoms with Gasteiger partial charge in [-0.05, 0) is 152 Å². The fourth-order valence-electron chi connectivity index (χ4n) is 15.8. The molecule has 12 amide bonds. The van der Waals surface area contributed by atoms with E-state index in [-0.39, 0.29) is 94.7 Å². The van der Waals surface area contributed by atoms with Crippen molar-refractivity contribution >= 4 is 82.8 Å². The van der Waals surface area contributed by atoms with Crippen molar-refractivity contribution in [3.63, 3.8) is 0 Å². The van der Waals surface area contributed by atoms with Crippen molar-refractivity contribution in [2.24, 2.45) is 5.92 Å². The zero-order valence-electron chi connectivity index (χ0n) is 65.2. The number of nitrogens with zero attached hydrogens (tertiary/aromatic N) is 6. The molecule has 7 heterocycles. The van der Waals surface area contributed by atoms with Gasteiger partial charge >= 0.3 is 11.9 Å². The van der Waals surface area contributed by atoms with Gasteiger partial charge in [-0.2, -0.15) is 0 Å². The van der Waals surface area contributed by atoms with Gasteiger partial charge in [0.25, 0.3) is 0 Å². The van der Waals surface area contributed by atoms with Crippen LogP contribution < -0.4 is 31.9 Å². The minimum absolute atomic E-state index is 0.0184. The number of fused-ring (bicyclic) bond motifs is 5. The van der Waals surface area contributed by atoms with Crippen molar-refractivity contribution in [1.29, 1.82) is 0 Å². The summed E-state index contributed by atoms with van der Waals surface area (Å²) < 4.78 is 68.9. The molecule has 7 fully saturated rings. The first-order valence-corrected chi connectivity index (χ1v) is 38.7. The molecule has 0 radical (unpaired) electrons. The van der Waals surface area contributed by atoms with Crippen LogP contribution in [0.3, 0.4) is 0 Å². The number of aryl methyl sites for hydroxylation is 2. The topological polar surface area (TPSA) is 369 Å². The van der Waals surface area contributed by atoms with Gasteiger partial charge in [0.05, 0.1) is 18.9 Å². The summed E-state index contributed by atoms with van der Waals surface area (Å²) in [5, 5.41) is 26.7. The number of carbonyl (C=O) groups is 14. The average molecular weight is 1590 g/mol. The number of hydrogen-bond donors (Lipinski definition) is 7. The largest absolute Gasteiger partial charge is 0.458 e. The number of rotatable bonds is 14. The van der Waals surface area contributed by atoms with E-state index in [4.69, 9.17) is 9.47 Å². The zero-order chi connectivity index (χ0) is 82.8. The number of aliphatic hydroxyl groups is 1. The van der Waals surface area contributed by atoms with E-state index in [1.54, 1.807) is 24.3 Å². The van der Waals surface area contributed by atoms with E-state index in [1.807, 2.05) is 45.0 Å². The van der Waals surface area contributed by atoms with E-state index in [0.717, 1.165) is 40.3 Å². The van der Waals surface area contributed by atoms with Crippen LogP contribution in [0.1, 0.15) is 133 Å². The number of nitrogens with one attached hydrogen (secondary N) is 6. The normalized spacial score (nSPS) is 27.3. The number of cyclic esters (lactones) is 2. The molecule has 7 saturated heterocycles. The molecule has 0 aliphatic carbocycles. The lowest BCUT2D eigenvalue weighted by Crippen LogP contribution is -2.63. The summed E-state index contributed by atoms with van der Waals surface area (Å²) in [6.07, 6.45) is -2.14. The highest BCUT2D eigenvalue weighted by atomic mass is 19.1. The second kappa shape index (κ2) is 37.4. The summed E-state index contributed by atoms with van der Waals surface area (Å²) in [7, 11) is 1.42. The first-order valence-electron chi connectivity index (χ1n) is 38.7. The molecule has 7 aliphatic rings. The van der Waals surface area contributed by atoms with Gasteiger partial charge in [-0.3, -0.25) is 57.5 Å². The fraction of sp³-hybridized carbons (Fsp3) is 0.531. The van der Waals surface area contributed by atoms with E-state index in [0.29, 0.717) is 55.4 Å². The van der Waals surface area contributed by atoms with Crippen molar-refractivity contribution in [2.45, 2.75) is 230 Å². The minimum atomic E-state index is -1.72. The average Bonchev–Trinajstić information content (AvgIpc) is 1.55. The molecule has 4 aromatic carbocycles. The Morgan fingerprint density at radius 1 is 0.465 bits per heavy atom. The molecule has 11 rings (SSSR count). The Kier molecular flexibility index (Phi) is 28.1. The van der Waals surface area contributed by atoms with Crippen molar-refractivity contribution in [2.75, 3.05) is 39.8 Å². The van der Waals surface area contributed by atoms with E-state index >= 15 is 0 Å². The molecule has 7 aliphatic heterocycles. The standard InChI is InChI=1S/C42H52F2N6O9.C39H48F2N6O8/c1-22-8-10-26(11-9-22)17-35(52)46-31(16-27-14-28(43)18-29(44)15-27)37(53)47-36-25(4)59-42(58)34-13-23(2)20-49(34)39(55)24(3)45-38(54)32-7-5-6-12-48(32)40(56)33-19-30(51)21-50(33)41(36)57;1-21-10-12-25(13-11-21)19-32(48)43-29(18-26-16-27(40)20-28(41)17-26)35(50)44-33-24(4)55-39(54)31-9-7-15-47(31)36(51)22(2)42-34(49)23(3)45(5)37(52)30-8-6-14-46(30)38(33)53/h8-11,14-15,18,23-25,30-34,36,51H,5-7,12-13,16-17,19-21H2,1-4H3,(H,45,54)(H,46,52)(H,47,53);10-13,16-17,20,22-24,29-31,33H,6-9,14-15,18-19H2,1-5H3,(H,42,49)(H,43,48)(H,44,50)/t23-,24+,25+,30-,31+,32+,33+,34+,36+;22-,23-,24-,29-,30-,31-,33-/m10/s1. The monoisotopic (exact) mass is 1590 g/mol. The Morgan fingerprint density at radius 2 is 0.877 bits per heavy atom. The molecule has 114 heavy (non-hydrogen) atoms. The smallest absolute Gasteiger partial charge is 0.329 e. The van der Waals surface area contributed by atoms with Crippen molar-refractivity contribution < 1.29 is 99.3 Å². The first kappa shape index (κ1) is 85.6. The van der Waals surface area contributed by atoms with Gasteiger partial charge in [0, 0.05) is 71.2 Å². The first-order chi connectivity index (χ1) is 54.0. The quantitative estimate of drug-likeness (QED) is 0.0704. The molecule has 4 aromatic rings. The Hall–Kier alpha value is -10.9. The van der Waals surface area contributed by atoms with Gasteiger partial charge < -0.3 is 75.9 Å². The minimum Gasteiger partial charge on any atom is -0.458 e. The lowest BCUT2D eigenvalue weighted by molar-refractivity contribution is -0.163. The third kappa shape index (κ3) is 20.9. The van der Waals surface area contributed by atoms with Crippen LogP contribution in [0.2, 0.25) is 0 Å². The van der Waals surface area contributed by atoms with Crippen molar-refractivity contribution in [3.8, 4) is 0 Å². The number of aliphatic hydroxyl groups excluding tert-OH is 1. The van der Waals surface area contributed by atoms with E-state index < -0.39 is 203 Å². The molecule has 614 valence electrons. The Balaban J connectivity index is 0.000000242. The predicted molar refractivity (Wildman–Crippen MR) is 400 cm³/mol. The molecule has 0 bridgehead atoms. The van der Waals surface area contributed by atoms with Crippen LogP contribution in [-0.4, -0.2) is 248 Å². The van der Waals surface area contributed by atoms with Gasteiger partial charge in [0.2, 0.25) is 70.9 Å². The van der Waals surface area contributed by atoms with Crippen LogP contribution in [0.25, 0.3) is 0 Å². The lowest BCUT2D eigenvalue weighted by atomic mass is 9.98. The molecular formula is C81H100F4N12O17. The van der Waals surface area contributed by atoms with Crippen LogP contribution in [0.4, 0.5) is 17.6 Å². The number of ether oxygens (including phenoxy) is 2. The molecular weight excluding hydrogens is 1490 g/mol. The molecule has 0 unspecified atom stereocenters. The molecule has 0 saturated carbocycles. The summed E-state index contributed by atoms with van der Waals surface area (Å²) in [5.74, 6) is -13.7. The van der Waals surface area contributed by atoms with E-state index in [2.05, 4.69) is 31.9 Å². The maximum atomic E-state index is 14.7. The van der Waals surface area contributed by atoms with E-state index in [9.17, 15) is 89.8 Å². The van der Waals surface area contributed by atoms with Crippen LogP contribution in [0.15, 0.2) is 84.9 Å². The van der Waals surface area contributed by atoms with Gasteiger partial charge in [-0.15, -0.1) is 0 Å². The molecule has 0 aromatic heterocycles. The number of carbonyl (C=O) groups excluding carboxylic acids is 14. The zero-order valence-corrected chi connectivity index (χ0v) is 65.2. The fourth-order valence-corrected chi connectivity index (χ4v) is 15.8. The molecule has 33 heteroatoms. The highest BCUT2D eigenvalue weighted by Crippen LogP contribution is 2.31. The molecule has 7 N–H and O–H groups in total. The Labute approximate surface area is 657 Å². The number of hydrogen-bond acceptors (Lipinski definition) is 17. The summed E-state index contributed by atoms with van der Waals surface area (Å²) in [5.41, 5.74) is 3.26. The van der Waals surface area contributed by atoms with Crippen LogP contribution in [-0.2, 0) is 102 Å². The van der Waals surface area contributed by atoms with Crippen molar-refractivity contribution in [1.82, 2.24) is 61.3 Å². The van der Waals surface area contributed by atoms with Gasteiger partial charge in [0.15, 0.2) is 0 Å². The highest BCUT2D eigenvalue weighted by Gasteiger charge is 2.51. The lowest BCUT2D eigenvalue weighted by Gasteiger charge is -2.39. The third-order valence-electron chi connectivity index (χ3n) is 22.1. The number of halogens is 4. The van der Waals surface area contributed by atoms with Crippen LogP contribution >= 0.6 is 0 Å². The number of benzene rings is 4. The third-order valence-corrected chi connectivity index (χ3v) is 22.1. The second-order valence-electron chi connectivity index (χ2n) is 31.0.